The van der Waals surface area contributed by atoms with E-state index in [-0.39, 0.29) is 18.1 Å². The number of carbonyl (C=O) groups is 1. The lowest BCUT2D eigenvalue weighted by molar-refractivity contribution is 0.0116. The maximum Gasteiger partial charge on any atom is 0.309 e. The molecule has 0 saturated carbocycles. The first-order valence-electron chi connectivity index (χ1n) is 11.5. The Labute approximate surface area is 202 Å². The number of anilines is 2. The number of ketones is 1. The highest BCUT2D eigenvalue weighted by Gasteiger charge is 2.34. The van der Waals surface area contributed by atoms with Gasteiger partial charge in [-0.3, -0.25) is 4.79 Å². The Balaban J connectivity index is 1.17. The lowest BCUT2D eigenvalue weighted by Gasteiger charge is -2.39. The molecular weight excluding hydrogens is 447 g/mol. The van der Waals surface area contributed by atoms with Gasteiger partial charge in [-0.25, -0.2) is 9.97 Å². The Bertz CT molecular complexity index is 1290. The van der Waals surface area contributed by atoms with E-state index in [1.165, 1.54) is 0 Å². The number of aromatic nitrogens is 2. The number of rotatable bonds is 7. The first-order chi connectivity index (χ1) is 17.0. The molecule has 178 valence electrons. The summed E-state index contributed by atoms with van der Waals surface area (Å²) in [6.07, 6.45) is 2.86. The topological polar surface area (TPSA) is 91.5 Å². The number of aliphatic hydroxyl groups is 1. The van der Waals surface area contributed by atoms with E-state index >= 15 is 0 Å². The number of nitrogens with zero attached hydrogens (tertiary/aromatic N) is 3. The number of carbonyl (C=O) groups excluding carboxylic acids is 1. The molecule has 35 heavy (non-hydrogen) atoms. The summed E-state index contributed by atoms with van der Waals surface area (Å²) in [6.45, 7) is 1.21. The standard InChI is InChI=1S/C27H25FN4O3/c28-25-24(31-26(35-25)19-7-3-1-4-8-19)22(33)18-29-21-11-12-23(30-17-21)32-15-13-27(34,14-16-32)20-9-5-2-6-10-20/h1-12,17,29,34H,13-16,18H2. The fourth-order valence-corrected chi connectivity index (χ4v) is 4.26. The second kappa shape index (κ2) is 9.68. The zero-order valence-electron chi connectivity index (χ0n) is 19.0. The van der Waals surface area contributed by atoms with Crippen LogP contribution in [0.5, 0.6) is 0 Å². The molecule has 3 heterocycles. The quantitative estimate of drug-likeness (QED) is 0.378. The first kappa shape index (κ1) is 22.7. The van der Waals surface area contributed by atoms with Gasteiger partial charge in [-0.2, -0.15) is 4.39 Å². The minimum absolute atomic E-state index is 0.0677. The monoisotopic (exact) mass is 472 g/mol. The van der Waals surface area contributed by atoms with Gasteiger partial charge < -0.3 is 19.7 Å². The molecule has 0 atom stereocenters. The van der Waals surface area contributed by atoms with Crippen molar-refractivity contribution in [2.45, 2.75) is 18.4 Å². The Hall–Kier alpha value is -4.04. The minimum Gasteiger partial charge on any atom is -0.410 e. The van der Waals surface area contributed by atoms with Gasteiger partial charge in [-0.05, 0) is 42.7 Å². The van der Waals surface area contributed by atoms with Crippen molar-refractivity contribution in [3.63, 3.8) is 0 Å². The Morgan fingerprint density at radius 1 is 1.03 bits per heavy atom. The van der Waals surface area contributed by atoms with Crippen LogP contribution in [0.2, 0.25) is 0 Å². The lowest BCUT2D eigenvalue weighted by Crippen LogP contribution is -2.42. The SMILES string of the molecule is O=C(CNc1ccc(N2CCC(O)(c3ccccc3)CC2)nc1)c1nc(-c2ccccc2)oc1F. The van der Waals surface area contributed by atoms with Gasteiger partial charge in [0.25, 0.3) is 0 Å². The van der Waals surface area contributed by atoms with Crippen molar-refractivity contribution in [3.8, 4) is 11.5 Å². The number of pyridine rings is 1. The fraction of sp³-hybridized carbons (Fsp3) is 0.222. The number of hydrogen-bond acceptors (Lipinski definition) is 7. The van der Waals surface area contributed by atoms with Crippen molar-refractivity contribution in [2.24, 2.45) is 0 Å². The van der Waals surface area contributed by atoms with Crippen LogP contribution in [-0.4, -0.2) is 40.5 Å². The van der Waals surface area contributed by atoms with Crippen LogP contribution in [0.4, 0.5) is 15.9 Å². The summed E-state index contributed by atoms with van der Waals surface area (Å²) in [7, 11) is 0. The zero-order chi connectivity index (χ0) is 24.3. The largest absolute Gasteiger partial charge is 0.410 e. The van der Waals surface area contributed by atoms with Crippen LogP contribution in [0, 0.1) is 6.01 Å². The molecule has 8 heteroatoms. The van der Waals surface area contributed by atoms with Crippen LogP contribution in [0.3, 0.4) is 0 Å². The molecule has 0 amide bonds. The number of oxazole rings is 1. The molecule has 1 fully saturated rings. The normalized spacial score (nSPS) is 15.1. The number of hydrogen-bond donors (Lipinski definition) is 2. The highest BCUT2D eigenvalue weighted by molar-refractivity contribution is 5.97. The van der Waals surface area contributed by atoms with E-state index in [4.69, 9.17) is 4.42 Å². The third kappa shape index (κ3) is 4.93. The summed E-state index contributed by atoms with van der Waals surface area (Å²) in [5.74, 6) is 0.346. The summed E-state index contributed by atoms with van der Waals surface area (Å²) >= 11 is 0. The van der Waals surface area contributed by atoms with Gasteiger partial charge in [0.1, 0.15) is 5.82 Å². The van der Waals surface area contributed by atoms with Gasteiger partial charge in [0.15, 0.2) is 5.69 Å². The molecule has 1 saturated heterocycles. The van der Waals surface area contributed by atoms with E-state index in [9.17, 15) is 14.3 Å². The Morgan fingerprint density at radius 3 is 2.37 bits per heavy atom. The molecule has 1 aliphatic rings. The van der Waals surface area contributed by atoms with Crippen molar-refractivity contribution < 1.29 is 18.7 Å². The summed E-state index contributed by atoms with van der Waals surface area (Å²) < 4.78 is 19.2. The zero-order valence-corrected chi connectivity index (χ0v) is 19.0. The van der Waals surface area contributed by atoms with Gasteiger partial charge in [0.05, 0.1) is 24.0 Å². The Kier molecular flexibility index (Phi) is 6.29. The second-order valence-corrected chi connectivity index (χ2v) is 8.57. The molecule has 0 aliphatic carbocycles. The number of nitrogens with one attached hydrogen (secondary N) is 1. The van der Waals surface area contributed by atoms with Crippen LogP contribution in [-0.2, 0) is 5.60 Å². The van der Waals surface area contributed by atoms with Crippen LogP contribution < -0.4 is 10.2 Å². The first-order valence-corrected chi connectivity index (χ1v) is 11.5. The minimum atomic E-state index is -0.996. The highest BCUT2D eigenvalue weighted by atomic mass is 19.1. The average molecular weight is 473 g/mol. The number of piperidine rings is 1. The third-order valence-corrected chi connectivity index (χ3v) is 6.30. The van der Waals surface area contributed by atoms with Crippen LogP contribution in [0.25, 0.3) is 11.5 Å². The molecule has 7 nitrogen and oxygen atoms in total. The van der Waals surface area contributed by atoms with Crippen LogP contribution >= 0.6 is 0 Å². The molecular formula is C27H25FN4O3. The molecule has 4 aromatic rings. The summed E-state index contributed by atoms with van der Waals surface area (Å²) in [5, 5.41) is 14.0. The molecule has 0 unspecified atom stereocenters. The summed E-state index contributed by atoms with van der Waals surface area (Å²) in [5.41, 5.74) is 1.01. The maximum atomic E-state index is 14.2. The van der Waals surface area contributed by atoms with E-state index in [1.54, 1.807) is 30.5 Å². The predicted octanol–water partition coefficient (Wildman–Crippen LogP) is 4.66. The van der Waals surface area contributed by atoms with E-state index < -0.39 is 17.4 Å². The van der Waals surface area contributed by atoms with Gasteiger partial charge in [-0.15, -0.1) is 0 Å². The van der Waals surface area contributed by atoms with Crippen molar-refractivity contribution in [3.05, 3.63) is 96.3 Å². The lowest BCUT2D eigenvalue weighted by atomic mass is 9.84. The Morgan fingerprint density at radius 2 is 1.71 bits per heavy atom. The second-order valence-electron chi connectivity index (χ2n) is 8.57. The van der Waals surface area contributed by atoms with Crippen molar-refractivity contribution in [2.75, 3.05) is 29.9 Å². The maximum absolute atomic E-state index is 14.2. The van der Waals surface area contributed by atoms with Crippen molar-refractivity contribution in [1.82, 2.24) is 9.97 Å². The molecule has 0 radical (unpaired) electrons. The molecule has 2 aromatic carbocycles. The van der Waals surface area contributed by atoms with E-state index in [1.807, 2.05) is 48.5 Å². The fourth-order valence-electron chi connectivity index (χ4n) is 4.26. The van der Waals surface area contributed by atoms with E-state index in [2.05, 4.69) is 20.2 Å². The smallest absolute Gasteiger partial charge is 0.309 e. The van der Waals surface area contributed by atoms with Crippen molar-refractivity contribution >= 4 is 17.3 Å². The number of halogens is 1. The summed E-state index contributed by atoms with van der Waals surface area (Å²) in [4.78, 5) is 23.1. The van der Waals surface area contributed by atoms with E-state index in [0.717, 1.165) is 11.4 Å². The molecule has 2 N–H and O–H groups in total. The summed E-state index contributed by atoms with van der Waals surface area (Å²) in [6, 6.07) is 21.3. The molecule has 0 spiro atoms. The molecule has 2 aromatic heterocycles. The van der Waals surface area contributed by atoms with Gasteiger partial charge in [0.2, 0.25) is 11.7 Å². The average Bonchev–Trinajstić information content (AvgIpc) is 3.31. The number of Topliss-reactive ketones (excluding diaryl/α,β-unsaturated/α-hetero) is 1. The van der Waals surface area contributed by atoms with Gasteiger partial charge >= 0.3 is 6.01 Å². The number of benzene rings is 2. The molecule has 1 aliphatic heterocycles. The molecule has 0 bridgehead atoms. The highest BCUT2D eigenvalue weighted by Crippen LogP contribution is 2.34. The van der Waals surface area contributed by atoms with Gasteiger partial charge in [0, 0.05) is 18.7 Å². The third-order valence-electron chi connectivity index (χ3n) is 6.30. The predicted molar refractivity (Wildman–Crippen MR) is 131 cm³/mol. The van der Waals surface area contributed by atoms with Crippen molar-refractivity contribution in [1.29, 1.82) is 0 Å². The van der Waals surface area contributed by atoms with Crippen LogP contribution in [0.15, 0.2) is 83.4 Å². The van der Waals surface area contributed by atoms with Gasteiger partial charge in [-0.1, -0.05) is 48.5 Å². The molecule has 5 rings (SSSR count). The van der Waals surface area contributed by atoms with Crippen LogP contribution in [0.1, 0.15) is 28.9 Å². The van der Waals surface area contributed by atoms with E-state index in [0.29, 0.717) is 37.2 Å².